The van der Waals surface area contributed by atoms with Crippen LogP contribution in [0.25, 0.3) is 21.9 Å². The molecule has 0 saturated carbocycles. The van der Waals surface area contributed by atoms with E-state index in [2.05, 4.69) is 51.4 Å². The van der Waals surface area contributed by atoms with Crippen molar-refractivity contribution in [1.82, 2.24) is 19.4 Å². The first-order valence-corrected chi connectivity index (χ1v) is 11.8. The molecule has 164 valence electrons. The van der Waals surface area contributed by atoms with Gasteiger partial charge in [-0.1, -0.05) is 60.3 Å². The molecule has 1 aliphatic heterocycles. The summed E-state index contributed by atoms with van der Waals surface area (Å²) in [6.45, 7) is 6.69. The Bertz CT molecular complexity index is 1270. The van der Waals surface area contributed by atoms with E-state index in [0.717, 1.165) is 45.9 Å². The minimum atomic E-state index is -0.688. The lowest BCUT2D eigenvalue weighted by Crippen LogP contribution is -2.20. The number of nitrogens with zero attached hydrogens (tertiary/aromatic N) is 4. The highest BCUT2D eigenvalue weighted by atomic mass is 32.2. The molecule has 0 unspecified atom stereocenters. The van der Waals surface area contributed by atoms with Crippen molar-refractivity contribution in [3.05, 3.63) is 72.3 Å². The van der Waals surface area contributed by atoms with Crippen molar-refractivity contribution in [3.63, 3.8) is 0 Å². The molecule has 1 fully saturated rings. The molecule has 2 aromatic carbocycles. The number of likely N-dealkylation sites (tertiary alicyclic amines) is 1. The zero-order chi connectivity index (χ0) is 22.1. The van der Waals surface area contributed by atoms with Gasteiger partial charge in [0, 0.05) is 30.8 Å². The Morgan fingerprint density at radius 3 is 2.56 bits per heavy atom. The number of hydrogen-bond donors (Lipinski definition) is 1. The summed E-state index contributed by atoms with van der Waals surface area (Å²) < 4.78 is 15.7. The first kappa shape index (κ1) is 21.0. The lowest BCUT2D eigenvalue weighted by atomic mass is 10.1. The van der Waals surface area contributed by atoms with Gasteiger partial charge < -0.3 is 10.3 Å². The number of nitrogens with two attached hydrogens (primary N) is 1. The van der Waals surface area contributed by atoms with Crippen LogP contribution < -0.4 is 5.73 Å². The minimum Gasteiger partial charge on any atom is -0.382 e. The summed E-state index contributed by atoms with van der Waals surface area (Å²) in [4.78, 5) is 11.6. The predicted molar refractivity (Wildman–Crippen MR) is 131 cm³/mol. The van der Waals surface area contributed by atoms with Crippen molar-refractivity contribution in [2.45, 2.75) is 30.8 Å². The molecule has 1 atom stereocenters. The van der Waals surface area contributed by atoms with Gasteiger partial charge in [-0.15, -0.1) is 6.58 Å². The summed E-state index contributed by atoms with van der Waals surface area (Å²) in [5.41, 5.74) is 11.3. The number of pyridine rings is 1. The van der Waals surface area contributed by atoms with Gasteiger partial charge in [-0.3, -0.25) is 4.90 Å². The highest BCUT2D eigenvalue weighted by molar-refractivity contribution is 7.99. The van der Waals surface area contributed by atoms with Crippen LogP contribution in [-0.2, 0) is 13.1 Å². The Morgan fingerprint density at radius 1 is 1.09 bits per heavy atom. The van der Waals surface area contributed by atoms with Crippen molar-refractivity contribution in [2.24, 2.45) is 0 Å². The highest BCUT2D eigenvalue weighted by Crippen LogP contribution is 2.33. The second-order valence-corrected chi connectivity index (χ2v) is 9.22. The molecule has 4 aromatic rings. The maximum absolute atomic E-state index is 13.5. The Balaban J connectivity index is 1.50. The van der Waals surface area contributed by atoms with Crippen molar-refractivity contribution in [2.75, 3.05) is 24.6 Å². The Labute approximate surface area is 191 Å². The summed E-state index contributed by atoms with van der Waals surface area (Å²) in [7, 11) is 0. The van der Waals surface area contributed by atoms with E-state index in [-0.39, 0.29) is 0 Å². The number of hydrogen-bond acceptors (Lipinski definition) is 5. The molecule has 5 nitrogen and oxygen atoms in total. The van der Waals surface area contributed by atoms with Crippen molar-refractivity contribution < 1.29 is 4.39 Å². The van der Waals surface area contributed by atoms with Gasteiger partial charge in [0.1, 0.15) is 11.7 Å². The zero-order valence-electron chi connectivity index (χ0n) is 17.9. The van der Waals surface area contributed by atoms with E-state index in [1.807, 2.05) is 24.3 Å². The van der Waals surface area contributed by atoms with Gasteiger partial charge in [-0.05, 0) is 23.6 Å². The van der Waals surface area contributed by atoms with Gasteiger partial charge in [0.2, 0.25) is 0 Å². The highest BCUT2D eigenvalue weighted by Gasteiger charge is 2.21. The second-order valence-electron chi connectivity index (χ2n) is 8.23. The lowest BCUT2D eigenvalue weighted by Gasteiger charge is -2.15. The molecule has 7 heteroatoms. The van der Waals surface area contributed by atoms with Crippen LogP contribution in [0.2, 0.25) is 0 Å². The lowest BCUT2D eigenvalue weighted by molar-refractivity contribution is 0.282. The Hall–Kier alpha value is -2.90. The topological polar surface area (TPSA) is 60.0 Å². The average molecular weight is 448 g/mol. The van der Waals surface area contributed by atoms with Gasteiger partial charge in [-0.25, -0.2) is 14.4 Å². The first-order valence-electron chi connectivity index (χ1n) is 10.8. The van der Waals surface area contributed by atoms with E-state index < -0.39 is 6.17 Å². The number of rotatable bonds is 7. The Kier molecular flexibility index (Phi) is 5.85. The van der Waals surface area contributed by atoms with Gasteiger partial charge in [0.05, 0.1) is 17.6 Å². The smallest absolute Gasteiger partial charge is 0.169 e. The number of imidazole rings is 1. The largest absolute Gasteiger partial charge is 0.382 e. The summed E-state index contributed by atoms with van der Waals surface area (Å²) >= 11 is 1.64. The fourth-order valence-corrected chi connectivity index (χ4v) is 5.08. The summed E-state index contributed by atoms with van der Waals surface area (Å²) in [6, 6.07) is 16.6. The maximum Gasteiger partial charge on any atom is 0.169 e. The zero-order valence-corrected chi connectivity index (χ0v) is 18.7. The van der Waals surface area contributed by atoms with Gasteiger partial charge in [0.15, 0.2) is 11.0 Å². The number of thioether (sulfide) groups is 1. The fraction of sp³-hybridized carbons (Fsp3) is 0.280. The van der Waals surface area contributed by atoms with E-state index in [1.54, 1.807) is 11.8 Å². The van der Waals surface area contributed by atoms with E-state index >= 15 is 0 Å². The van der Waals surface area contributed by atoms with Crippen LogP contribution in [0.1, 0.15) is 17.5 Å². The molecule has 5 rings (SSSR count). The molecular weight excluding hydrogens is 421 g/mol. The monoisotopic (exact) mass is 447 g/mol. The molecule has 1 aliphatic rings. The molecule has 0 spiro atoms. The van der Waals surface area contributed by atoms with E-state index in [0.29, 0.717) is 25.3 Å². The predicted octanol–water partition coefficient (Wildman–Crippen LogP) is 5.04. The molecule has 32 heavy (non-hydrogen) atoms. The van der Waals surface area contributed by atoms with Crippen LogP contribution in [0, 0.1) is 0 Å². The van der Waals surface area contributed by atoms with E-state index in [1.165, 1.54) is 11.1 Å². The summed E-state index contributed by atoms with van der Waals surface area (Å²) in [5, 5.41) is 1.95. The third-order valence-corrected chi connectivity index (χ3v) is 6.86. The van der Waals surface area contributed by atoms with Crippen LogP contribution in [0.4, 0.5) is 10.2 Å². The van der Waals surface area contributed by atoms with Crippen molar-refractivity contribution >= 4 is 39.5 Å². The average Bonchev–Trinajstić information content (AvgIpc) is 3.37. The number of aromatic nitrogens is 3. The summed E-state index contributed by atoms with van der Waals surface area (Å²) in [6.07, 6.45) is 1.83. The van der Waals surface area contributed by atoms with Gasteiger partial charge in [-0.2, -0.15) is 0 Å². The van der Waals surface area contributed by atoms with Crippen LogP contribution in [0.5, 0.6) is 0 Å². The van der Waals surface area contributed by atoms with E-state index in [4.69, 9.17) is 10.7 Å². The molecule has 0 bridgehead atoms. The molecule has 2 aromatic heterocycles. The third kappa shape index (κ3) is 4.10. The van der Waals surface area contributed by atoms with Gasteiger partial charge in [0.25, 0.3) is 0 Å². The molecule has 2 N–H and O–H groups in total. The second kappa shape index (κ2) is 8.92. The van der Waals surface area contributed by atoms with Crippen LogP contribution >= 0.6 is 11.8 Å². The molecule has 0 amide bonds. The van der Waals surface area contributed by atoms with Crippen molar-refractivity contribution in [1.29, 1.82) is 0 Å². The molecular formula is C25H26FN5S. The van der Waals surface area contributed by atoms with Crippen molar-refractivity contribution in [3.8, 4) is 0 Å². The number of alkyl halides is 1. The molecule has 0 aliphatic carbocycles. The fourth-order valence-electron chi connectivity index (χ4n) is 4.35. The molecule has 1 saturated heterocycles. The van der Waals surface area contributed by atoms with Gasteiger partial charge >= 0.3 is 0 Å². The minimum absolute atomic E-state index is 0.449. The first-order chi connectivity index (χ1) is 15.6. The molecule has 0 radical (unpaired) electrons. The molecule has 3 heterocycles. The van der Waals surface area contributed by atoms with E-state index in [9.17, 15) is 4.39 Å². The summed E-state index contributed by atoms with van der Waals surface area (Å²) in [5.74, 6) is 1.21. The van der Waals surface area contributed by atoms with Crippen LogP contribution in [0.15, 0.2) is 66.3 Å². The standard InChI is InChI=1S/C25H26FN5S/c1-2-13-32-25-29-22-23(20-5-3-4-6-21(20)28-24(22)27)31(25)15-18-9-7-17(8-10-18)14-30-12-11-19(26)16-30/h2-10,19H,1,11-16H2,(H2,27,28)/t19-/m0/s1. The maximum atomic E-state index is 13.5. The number of benzene rings is 2. The van der Waals surface area contributed by atoms with Crippen LogP contribution in [0.3, 0.4) is 0 Å². The van der Waals surface area contributed by atoms with Crippen LogP contribution in [-0.4, -0.2) is 44.4 Å². The third-order valence-electron chi connectivity index (χ3n) is 5.89. The quantitative estimate of drug-likeness (QED) is 0.318. The number of halogens is 1. The number of anilines is 1. The normalized spacial score (nSPS) is 16.8. The number of fused-ring (bicyclic) bond motifs is 3. The Morgan fingerprint density at radius 2 is 1.84 bits per heavy atom. The SMILES string of the molecule is C=CCSc1nc2c(N)nc3ccccc3c2n1Cc1ccc(CN2CC[C@H](F)C2)cc1. The number of nitrogen functional groups attached to an aromatic ring is 1. The number of para-hydroxylation sites is 1.